The second-order valence-electron chi connectivity index (χ2n) is 4.50. The predicted molar refractivity (Wildman–Crippen MR) is 67.5 cm³/mol. The maximum atomic E-state index is 11.8. The van der Waals surface area contributed by atoms with Crippen molar-refractivity contribution >= 4 is 17.4 Å². The minimum atomic E-state index is -0.317. The average molecular weight is 248 g/mol. The van der Waals surface area contributed by atoms with Gasteiger partial charge in [-0.1, -0.05) is 12.1 Å². The first-order chi connectivity index (χ1) is 8.56. The number of benzene rings is 1. The van der Waals surface area contributed by atoms with E-state index in [2.05, 4.69) is 5.32 Å². The zero-order chi connectivity index (χ0) is 13.1. The molecular formula is C13H16N2O3. The summed E-state index contributed by atoms with van der Waals surface area (Å²) in [6.45, 7) is 2.77. The van der Waals surface area contributed by atoms with E-state index >= 15 is 0 Å². The Bertz CT molecular complexity index is 467. The summed E-state index contributed by atoms with van der Waals surface area (Å²) in [5.41, 5.74) is 1.05. The van der Waals surface area contributed by atoms with E-state index in [1.165, 1.54) is 6.92 Å². The summed E-state index contributed by atoms with van der Waals surface area (Å²) in [7, 11) is 0. The second-order valence-corrected chi connectivity index (χ2v) is 4.50. The number of aliphatic hydroxyl groups is 1. The Labute approximate surface area is 105 Å². The van der Waals surface area contributed by atoms with E-state index in [0.29, 0.717) is 24.3 Å². The molecule has 5 nitrogen and oxygen atoms in total. The Morgan fingerprint density at radius 1 is 1.39 bits per heavy atom. The summed E-state index contributed by atoms with van der Waals surface area (Å²) in [5.74, 6) is -0.249. The number of likely N-dealkylation sites (tertiary alicyclic amines) is 1. The molecule has 1 heterocycles. The topological polar surface area (TPSA) is 69.6 Å². The maximum Gasteiger partial charge on any atom is 0.238 e. The minimum Gasteiger partial charge on any atom is -0.390 e. The van der Waals surface area contributed by atoms with Crippen molar-refractivity contribution in [3.8, 4) is 0 Å². The molecule has 1 aromatic carbocycles. The number of nitrogens with one attached hydrogen (secondary N) is 1. The summed E-state index contributed by atoms with van der Waals surface area (Å²) in [5, 5.41) is 11.8. The van der Waals surface area contributed by atoms with Crippen LogP contribution >= 0.6 is 0 Å². The van der Waals surface area contributed by atoms with Crippen molar-refractivity contribution in [3.63, 3.8) is 0 Å². The van der Waals surface area contributed by atoms with Crippen molar-refractivity contribution in [2.45, 2.75) is 13.0 Å². The van der Waals surface area contributed by atoms with E-state index in [-0.39, 0.29) is 24.3 Å². The van der Waals surface area contributed by atoms with E-state index in [4.69, 9.17) is 5.11 Å². The molecule has 2 rings (SSSR count). The first-order valence-corrected chi connectivity index (χ1v) is 5.86. The van der Waals surface area contributed by atoms with Crippen LogP contribution in [0, 0.1) is 0 Å². The van der Waals surface area contributed by atoms with E-state index in [1.807, 2.05) is 4.90 Å². The van der Waals surface area contributed by atoms with E-state index in [0.717, 1.165) is 0 Å². The van der Waals surface area contributed by atoms with Gasteiger partial charge in [0.15, 0.2) is 5.78 Å². The molecule has 1 saturated heterocycles. The molecule has 5 heteroatoms. The number of para-hydroxylation sites is 1. The van der Waals surface area contributed by atoms with Gasteiger partial charge in [0.05, 0.1) is 18.3 Å². The van der Waals surface area contributed by atoms with Crippen LogP contribution in [-0.4, -0.2) is 47.4 Å². The van der Waals surface area contributed by atoms with Crippen LogP contribution in [0.25, 0.3) is 0 Å². The van der Waals surface area contributed by atoms with Crippen molar-refractivity contribution in [1.82, 2.24) is 4.90 Å². The first kappa shape index (κ1) is 12.7. The largest absolute Gasteiger partial charge is 0.390 e. The van der Waals surface area contributed by atoms with Crippen LogP contribution in [0.4, 0.5) is 5.69 Å². The predicted octanol–water partition coefficient (Wildman–Crippen LogP) is 0.504. The highest BCUT2D eigenvalue weighted by Crippen LogP contribution is 2.16. The molecule has 1 aliphatic rings. The molecule has 0 saturated carbocycles. The van der Waals surface area contributed by atoms with Crippen LogP contribution in [0.5, 0.6) is 0 Å². The minimum absolute atomic E-state index is 0.0785. The van der Waals surface area contributed by atoms with Crippen LogP contribution in [-0.2, 0) is 4.79 Å². The molecule has 1 fully saturated rings. The van der Waals surface area contributed by atoms with Crippen molar-refractivity contribution in [3.05, 3.63) is 29.8 Å². The number of hydrogen-bond donors (Lipinski definition) is 2. The fourth-order valence-corrected chi connectivity index (χ4v) is 1.96. The third kappa shape index (κ3) is 2.94. The summed E-state index contributed by atoms with van der Waals surface area (Å²) in [6.07, 6.45) is -0.317. The van der Waals surface area contributed by atoms with E-state index in [9.17, 15) is 9.59 Å². The third-order valence-electron chi connectivity index (χ3n) is 2.89. The molecule has 18 heavy (non-hydrogen) atoms. The molecule has 0 aromatic heterocycles. The summed E-state index contributed by atoms with van der Waals surface area (Å²) >= 11 is 0. The van der Waals surface area contributed by atoms with Crippen molar-refractivity contribution in [2.75, 3.05) is 25.0 Å². The molecule has 1 aliphatic heterocycles. The first-order valence-electron chi connectivity index (χ1n) is 5.86. The highest BCUT2D eigenvalue weighted by Gasteiger charge is 2.26. The quantitative estimate of drug-likeness (QED) is 0.761. The highest BCUT2D eigenvalue weighted by atomic mass is 16.3. The molecule has 2 N–H and O–H groups in total. The molecule has 96 valence electrons. The summed E-state index contributed by atoms with van der Waals surface area (Å²) < 4.78 is 0. The lowest BCUT2D eigenvalue weighted by Crippen LogP contribution is -2.53. The highest BCUT2D eigenvalue weighted by molar-refractivity contribution is 6.04. The molecule has 1 amide bonds. The van der Waals surface area contributed by atoms with Gasteiger partial charge >= 0.3 is 0 Å². The second kappa shape index (κ2) is 5.29. The Morgan fingerprint density at radius 3 is 2.67 bits per heavy atom. The van der Waals surface area contributed by atoms with Gasteiger partial charge in [-0.15, -0.1) is 0 Å². The Balaban J connectivity index is 1.96. The molecule has 0 aliphatic carbocycles. The van der Waals surface area contributed by atoms with Gasteiger partial charge in [0.1, 0.15) is 0 Å². The van der Waals surface area contributed by atoms with Gasteiger partial charge in [0.2, 0.25) is 5.91 Å². The van der Waals surface area contributed by atoms with Gasteiger partial charge in [-0.25, -0.2) is 0 Å². The lowest BCUT2D eigenvalue weighted by atomic mass is 10.1. The number of amides is 1. The Morgan fingerprint density at radius 2 is 2.06 bits per heavy atom. The van der Waals surface area contributed by atoms with Crippen molar-refractivity contribution in [2.24, 2.45) is 0 Å². The van der Waals surface area contributed by atoms with Gasteiger partial charge < -0.3 is 10.4 Å². The number of anilines is 1. The molecule has 0 unspecified atom stereocenters. The van der Waals surface area contributed by atoms with Gasteiger partial charge in [-0.2, -0.15) is 0 Å². The van der Waals surface area contributed by atoms with Crippen molar-refractivity contribution in [1.29, 1.82) is 0 Å². The monoisotopic (exact) mass is 248 g/mol. The number of nitrogens with zero attached hydrogens (tertiary/aromatic N) is 1. The number of carbonyl (C=O) groups excluding carboxylic acids is 2. The zero-order valence-electron chi connectivity index (χ0n) is 10.2. The van der Waals surface area contributed by atoms with Crippen LogP contribution in [0.2, 0.25) is 0 Å². The third-order valence-corrected chi connectivity index (χ3v) is 2.89. The maximum absolute atomic E-state index is 11.8. The fourth-order valence-electron chi connectivity index (χ4n) is 1.96. The van der Waals surface area contributed by atoms with Gasteiger partial charge in [-0.3, -0.25) is 14.5 Å². The lowest BCUT2D eigenvalue weighted by molar-refractivity contribution is -0.119. The van der Waals surface area contributed by atoms with E-state index < -0.39 is 0 Å². The number of aliphatic hydroxyl groups excluding tert-OH is 1. The van der Waals surface area contributed by atoms with Gasteiger partial charge in [0, 0.05) is 18.7 Å². The number of hydrogen-bond acceptors (Lipinski definition) is 4. The van der Waals surface area contributed by atoms with Crippen LogP contribution < -0.4 is 5.32 Å². The van der Waals surface area contributed by atoms with Crippen molar-refractivity contribution < 1.29 is 14.7 Å². The molecule has 1 aromatic rings. The average Bonchev–Trinajstić information content (AvgIpc) is 2.27. The Kier molecular flexibility index (Phi) is 3.74. The molecule has 0 radical (unpaired) electrons. The van der Waals surface area contributed by atoms with Gasteiger partial charge in [-0.05, 0) is 19.1 Å². The number of carbonyl (C=O) groups is 2. The lowest BCUT2D eigenvalue weighted by Gasteiger charge is -2.35. The molecule has 0 atom stereocenters. The number of rotatable bonds is 4. The molecule has 0 bridgehead atoms. The summed E-state index contributed by atoms with van der Waals surface area (Å²) in [6, 6.07) is 6.93. The zero-order valence-corrected chi connectivity index (χ0v) is 10.2. The normalized spacial score (nSPS) is 16.1. The van der Waals surface area contributed by atoms with E-state index in [1.54, 1.807) is 24.3 Å². The smallest absolute Gasteiger partial charge is 0.238 e. The number of Topliss-reactive ketones (excluding diaryl/α,β-unsaturated/α-hetero) is 1. The molecular weight excluding hydrogens is 232 g/mol. The SMILES string of the molecule is CC(=O)c1ccccc1NC(=O)CN1CC(O)C1. The fraction of sp³-hybridized carbons (Fsp3) is 0.385. The van der Waals surface area contributed by atoms with Gasteiger partial charge in [0.25, 0.3) is 0 Å². The number of β-amino-alcohol motifs (C(OH)–C–C–N with tert-alkyl or cyclic N) is 1. The number of ketones is 1. The summed E-state index contributed by atoms with van der Waals surface area (Å²) in [4.78, 5) is 25.0. The van der Waals surface area contributed by atoms with Crippen LogP contribution in [0.15, 0.2) is 24.3 Å². The van der Waals surface area contributed by atoms with Crippen LogP contribution in [0.3, 0.4) is 0 Å². The van der Waals surface area contributed by atoms with Crippen LogP contribution in [0.1, 0.15) is 17.3 Å². The standard InChI is InChI=1S/C13H16N2O3/c1-9(16)11-4-2-3-5-12(11)14-13(18)8-15-6-10(17)7-15/h2-5,10,17H,6-8H2,1H3,(H,14,18). The Hall–Kier alpha value is -1.72. The molecule has 0 spiro atoms.